The van der Waals surface area contributed by atoms with Crippen LogP contribution < -0.4 is 15.0 Å². The molecule has 3 heterocycles. The molecule has 1 aliphatic rings. The van der Waals surface area contributed by atoms with E-state index in [1.165, 1.54) is 0 Å². The second-order valence-electron chi connectivity index (χ2n) is 13.7. The predicted octanol–water partition coefficient (Wildman–Crippen LogP) is 7.20. The maximum atomic E-state index is 13.5. The summed E-state index contributed by atoms with van der Waals surface area (Å²) in [5, 5.41) is 13.5. The van der Waals surface area contributed by atoms with Crippen LogP contribution in [-0.4, -0.2) is 55.2 Å². The minimum atomic E-state index is -2.12. The van der Waals surface area contributed by atoms with Crippen molar-refractivity contribution in [2.45, 2.75) is 77.6 Å². The number of amides is 1. The Balaban J connectivity index is 1.80. The Morgan fingerprint density at radius 1 is 1.16 bits per heavy atom. The Bertz CT molecular complexity index is 1560. The molecule has 2 aromatic heterocycles. The fraction of sp³-hybridized carbons (Fsp3) is 0.469. The van der Waals surface area contributed by atoms with E-state index in [4.69, 9.17) is 18.9 Å². The molecule has 228 valence electrons. The van der Waals surface area contributed by atoms with Crippen LogP contribution in [0, 0.1) is 11.3 Å². The number of fused-ring (bicyclic) bond motifs is 1. The summed E-state index contributed by atoms with van der Waals surface area (Å²) < 4.78 is 17.9. The van der Waals surface area contributed by atoms with Gasteiger partial charge >= 0.3 is 6.09 Å². The standard InChI is InChI=1S/C32H42N6O4Si/c1-30(2,3)42-29(39)38-19-32(7,20-41-43(9,10)31(4,5)6)23-16-21(15-22(17-33)27(23)38)24-11-14-35-28(36-24)37-25-18-34-13-12-26(25)40-8/h11-16,18H,19-20H2,1-10H3,(H,35,36,37)/t32-/m1/s1. The first-order chi connectivity index (χ1) is 20.0. The lowest BCUT2D eigenvalue weighted by molar-refractivity contribution is 0.0575. The fourth-order valence-electron chi connectivity index (χ4n) is 4.64. The Morgan fingerprint density at radius 2 is 1.88 bits per heavy atom. The molecule has 0 aliphatic carbocycles. The van der Waals surface area contributed by atoms with Crippen molar-refractivity contribution in [3.63, 3.8) is 0 Å². The Kier molecular flexibility index (Phi) is 8.59. The van der Waals surface area contributed by atoms with Gasteiger partial charge in [-0.05, 0) is 62.7 Å². The summed E-state index contributed by atoms with van der Waals surface area (Å²) in [5.74, 6) is 0.954. The molecule has 10 nitrogen and oxygen atoms in total. The average molecular weight is 603 g/mol. The molecule has 1 amide bonds. The van der Waals surface area contributed by atoms with Crippen LogP contribution in [0.2, 0.25) is 18.1 Å². The van der Waals surface area contributed by atoms with Crippen LogP contribution in [0.25, 0.3) is 11.3 Å². The van der Waals surface area contributed by atoms with Crippen molar-refractivity contribution >= 4 is 31.7 Å². The number of benzene rings is 1. The molecule has 0 spiro atoms. The van der Waals surface area contributed by atoms with Crippen LogP contribution in [0.3, 0.4) is 0 Å². The van der Waals surface area contributed by atoms with Gasteiger partial charge in [0.05, 0.1) is 30.3 Å². The summed E-state index contributed by atoms with van der Waals surface area (Å²) in [6.45, 7) is 19.3. The minimum absolute atomic E-state index is 0.0105. The number of aromatic nitrogens is 3. The van der Waals surface area contributed by atoms with Crippen LogP contribution in [-0.2, 0) is 14.6 Å². The topological polar surface area (TPSA) is 122 Å². The normalized spacial score (nSPS) is 16.8. The molecule has 0 unspecified atom stereocenters. The van der Waals surface area contributed by atoms with E-state index >= 15 is 0 Å². The number of nitriles is 1. The first-order valence-corrected chi connectivity index (χ1v) is 17.2. The highest BCUT2D eigenvalue weighted by atomic mass is 28.4. The maximum absolute atomic E-state index is 13.5. The average Bonchev–Trinajstić information content (AvgIpc) is 3.23. The third kappa shape index (κ3) is 6.81. The second kappa shape index (κ2) is 11.6. The molecule has 0 bridgehead atoms. The number of ether oxygens (including phenoxy) is 2. The van der Waals surface area contributed by atoms with E-state index in [9.17, 15) is 10.1 Å². The molecular weight excluding hydrogens is 560 g/mol. The molecular formula is C32H42N6O4Si. The first-order valence-electron chi connectivity index (χ1n) is 14.3. The molecule has 0 radical (unpaired) electrons. The van der Waals surface area contributed by atoms with Crippen molar-refractivity contribution in [1.29, 1.82) is 5.26 Å². The number of methoxy groups -OCH3 is 1. The van der Waals surface area contributed by atoms with E-state index in [2.05, 4.69) is 62.1 Å². The van der Waals surface area contributed by atoms with E-state index in [1.54, 1.807) is 48.8 Å². The summed E-state index contributed by atoms with van der Waals surface area (Å²) in [6, 6.07) is 9.62. The smallest absolute Gasteiger partial charge is 0.414 e. The lowest BCUT2D eigenvalue weighted by Crippen LogP contribution is -2.46. The summed E-state index contributed by atoms with van der Waals surface area (Å²) in [4.78, 5) is 28.3. The van der Waals surface area contributed by atoms with Crippen molar-refractivity contribution in [3.8, 4) is 23.1 Å². The van der Waals surface area contributed by atoms with Crippen LogP contribution in [0.4, 0.5) is 22.1 Å². The molecule has 1 atom stereocenters. The Morgan fingerprint density at radius 3 is 2.51 bits per heavy atom. The third-order valence-electron chi connectivity index (χ3n) is 8.03. The lowest BCUT2D eigenvalue weighted by atomic mass is 9.83. The van der Waals surface area contributed by atoms with E-state index in [0.717, 1.165) is 11.1 Å². The van der Waals surface area contributed by atoms with Gasteiger partial charge in [-0.25, -0.2) is 14.8 Å². The third-order valence-corrected chi connectivity index (χ3v) is 12.5. The summed E-state index contributed by atoms with van der Waals surface area (Å²) in [7, 11) is -0.543. The van der Waals surface area contributed by atoms with Crippen molar-refractivity contribution in [2.75, 3.05) is 30.5 Å². The number of pyridine rings is 1. The summed E-state index contributed by atoms with van der Waals surface area (Å²) in [6.07, 6.45) is 4.44. The number of hydrogen-bond donors (Lipinski definition) is 1. The summed E-state index contributed by atoms with van der Waals surface area (Å²) in [5.41, 5.74) is 2.42. The monoisotopic (exact) mass is 602 g/mol. The molecule has 1 N–H and O–H groups in total. The minimum Gasteiger partial charge on any atom is -0.494 e. The molecule has 1 aromatic carbocycles. The van der Waals surface area contributed by atoms with Gasteiger partial charge < -0.3 is 19.2 Å². The van der Waals surface area contributed by atoms with Gasteiger partial charge in [0.2, 0.25) is 5.95 Å². The van der Waals surface area contributed by atoms with Gasteiger partial charge in [-0.1, -0.05) is 27.7 Å². The van der Waals surface area contributed by atoms with E-state index in [-0.39, 0.29) is 5.04 Å². The van der Waals surface area contributed by atoms with Crippen molar-refractivity contribution in [1.82, 2.24) is 15.0 Å². The number of anilines is 3. The Labute approximate surface area is 255 Å². The van der Waals surface area contributed by atoms with E-state index in [0.29, 0.717) is 47.5 Å². The molecule has 0 saturated carbocycles. The highest BCUT2D eigenvalue weighted by Gasteiger charge is 2.47. The van der Waals surface area contributed by atoms with Crippen molar-refractivity contribution in [2.24, 2.45) is 0 Å². The molecule has 11 heteroatoms. The molecule has 0 saturated heterocycles. The maximum Gasteiger partial charge on any atom is 0.414 e. The lowest BCUT2D eigenvalue weighted by Gasteiger charge is -2.39. The van der Waals surface area contributed by atoms with Crippen LogP contribution in [0.5, 0.6) is 5.75 Å². The SMILES string of the molecule is COc1ccncc1Nc1nccc(-c2cc(C#N)c3c(c2)[C@@](C)(CO[Si](C)(C)C(C)(C)C)CN3C(=O)OC(C)(C)C)n1. The van der Waals surface area contributed by atoms with Gasteiger partial charge in [-0.15, -0.1) is 0 Å². The number of carbonyl (C=O) groups is 1. The van der Waals surface area contributed by atoms with Gasteiger partial charge in [0.25, 0.3) is 0 Å². The fourth-order valence-corrected chi connectivity index (χ4v) is 5.75. The number of hydrogen-bond acceptors (Lipinski definition) is 9. The first kappa shape index (κ1) is 31.9. The molecule has 0 fully saturated rings. The zero-order valence-electron chi connectivity index (χ0n) is 26.8. The van der Waals surface area contributed by atoms with Crippen molar-refractivity contribution in [3.05, 3.63) is 54.0 Å². The largest absolute Gasteiger partial charge is 0.494 e. The van der Waals surface area contributed by atoms with Crippen molar-refractivity contribution < 1.29 is 18.7 Å². The van der Waals surface area contributed by atoms with Gasteiger partial charge in [0.15, 0.2) is 8.32 Å². The van der Waals surface area contributed by atoms with Gasteiger partial charge in [0.1, 0.15) is 23.1 Å². The van der Waals surface area contributed by atoms with Gasteiger partial charge in [0, 0.05) is 42.6 Å². The molecule has 43 heavy (non-hydrogen) atoms. The van der Waals surface area contributed by atoms with Crippen LogP contribution >= 0.6 is 0 Å². The number of nitrogens with zero attached hydrogens (tertiary/aromatic N) is 5. The zero-order valence-corrected chi connectivity index (χ0v) is 27.8. The quantitative estimate of drug-likeness (QED) is 0.280. The number of nitrogens with one attached hydrogen (secondary N) is 1. The van der Waals surface area contributed by atoms with Crippen LogP contribution in [0.1, 0.15) is 59.6 Å². The summed E-state index contributed by atoms with van der Waals surface area (Å²) >= 11 is 0. The Hall–Kier alpha value is -4.01. The second-order valence-corrected chi connectivity index (χ2v) is 18.5. The van der Waals surface area contributed by atoms with Gasteiger partial charge in [-0.3, -0.25) is 9.88 Å². The highest BCUT2D eigenvalue weighted by Crippen LogP contribution is 2.47. The molecule has 3 aromatic rings. The molecule has 4 rings (SSSR count). The zero-order chi connectivity index (χ0) is 31.8. The van der Waals surface area contributed by atoms with Crippen LogP contribution in [0.15, 0.2) is 42.9 Å². The predicted molar refractivity (Wildman–Crippen MR) is 170 cm³/mol. The highest BCUT2D eigenvalue weighted by molar-refractivity contribution is 6.74. The van der Waals surface area contributed by atoms with E-state index in [1.807, 2.05) is 26.8 Å². The molecule has 1 aliphatic heterocycles. The van der Waals surface area contributed by atoms with Gasteiger partial charge in [-0.2, -0.15) is 5.26 Å². The number of rotatable bonds is 7. The van der Waals surface area contributed by atoms with E-state index < -0.39 is 25.4 Å². The number of carbonyl (C=O) groups excluding carboxylic acids is 1.